The van der Waals surface area contributed by atoms with E-state index < -0.39 is 0 Å². The summed E-state index contributed by atoms with van der Waals surface area (Å²) < 4.78 is 11.0. The van der Waals surface area contributed by atoms with Crippen LogP contribution in [-0.4, -0.2) is 25.2 Å². The molecule has 1 aromatic carbocycles. The summed E-state index contributed by atoms with van der Waals surface area (Å²) in [7, 11) is 0. The second kappa shape index (κ2) is 11.8. The van der Waals surface area contributed by atoms with Crippen molar-refractivity contribution < 1.29 is 9.47 Å². The van der Waals surface area contributed by atoms with Gasteiger partial charge in [-0.3, -0.25) is 0 Å². The van der Waals surface area contributed by atoms with Crippen LogP contribution >= 0.6 is 39.1 Å². The van der Waals surface area contributed by atoms with Gasteiger partial charge in [-0.15, -0.1) is 0 Å². The van der Waals surface area contributed by atoms with Crippen LogP contribution in [0.15, 0.2) is 18.2 Å². The van der Waals surface area contributed by atoms with Gasteiger partial charge in [0.15, 0.2) is 0 Å². The Morgan fingerprint density at radius 2 is 1.65 bits per heavy atom. The van der Waals surface area contributed by atoms with Gasteiger partial charge in [0, 0.05) is 11.9 Å². The quantitative estimate of drug-likeness (QED) is 0.372. The van der Waals surface area contributed by atoms with Gasteiger partial charge in [-0.1, -0.05) is 64.1 Å². The summed E-state index contributed by atoms with van der Waals surface area (Å²) in [5.41, 5.74) is 0.911. The van der Waals surface area contributed by atoms with E-state index in [1.54, 1.807) is 6.07 Å². The van der Waals surface area contributed by atoms with E-state index in [1.807, 2.05) is 12.1 Å². The van der Waals surface area contributed by atoms with Crippen molar-refractivity contribution in [3.8, 4) is 0 Å². The molecule has 0 heterocycles. The molecule has 1 rings (SSSR count). The van der Waals surface area contributed by atoms with Gasteiger partial charge < -0.3 is 9.47 Å². The van der Waals surface area contributed by atoms with Crippen molar-refractivity contribution in [1.82, 2.24) is 0 Å². The number of hydrogen-bond acceptors (Lipinski definition) is 2. The van der Waals surface area contributed by atoms with E-state index in [0.717, 1.165) is 23.9 Å². The van der Waals surface area contributed by atoms with Crippen molar-refractivity contribution in [2.24, 2.45) is 0 Å². The zero-order chi connectivity index (χ0) is 14.6. The molecule has 114 valence electrons. The molecule has 0 aromatic heterocycles. The van der Waals surface area contributed by atoms with E-state index in [9.17, 15) is 0 Å². The molecule has 0 saturated heterocycles. The molecule has 0 aliphatic carbocycles. The first kappa shape index (κ1) is 18.2. The Morgan fingerprint density at radius 3 is 2.45 bits per heavy atom. The Kier molecular flexibility index (Phi) is 10.8. The second-order valence-electron chi connectivity index (χ2n) is 4.48. The van der Waals surface area contributed by atoms with E-state index in [2.05, 4.69) is 15.9 Å². The summed E-state index contributed by atoms with van der Waals surface area (Å²) in [4.78, 5) is 0. The highest BCUT2D eigenvalue weighted by Crippen LogP contribution is 2.25. The molecule has 0 N–H and O–H groups in total. The summed E-state index contributed by atoms with van der Waals surface area (Å²) in [5, 5.41) is 2.22. The van der Waals surface area contributed by atoms with Crippen molar-refractivity contribution in [3.63, 3.8) is 0 Å². The SMILES string of the molecule is Clc1cccc(COCCOCCCCCCBr)c1Cl. The summed E-state index contributed by atoms with van der Waals surface area (Å²) in [5.74, 6) is 0. The molecule has 0 unspecified atom stereocenters. The van der Waals surface area contributed by atoms with Gasteiger partial charge in [-0.2, -0.15) is 0 Å². The van der Waals surface area contributed by atoms with Gasteiger partial charge >= 0.3 is 0 Å². The third-order valence-electron chi connectivity index (χ3n) is 2.83. The van der Waals surface area contributed by atoms with E-state index in [1.165, 1.54) is 19.3 Å². The molecule has 0 aliphatic rings. The standard InChI is InChI=1S/C15H21BrCl2O2/c16-8-3-1-2-4-9-19-10-11-20-12-13-6-5-7-14(17)15(13)18/h5-7H,1-4,8-12H2. The number of ether oxygens (including phenoxy) is 2. The number of benzene rings is 1. The van der Waals surface area contributed by atoms with Crippen LogP contribution in [0.3, 0.4) is 0 Å². The lowest BCUT2D eigenvalue weighted by molar-refractivity contribution is 0.0393. The van der Waals surface area contributed by atoms with Gasteiger partial charge in [-0.25, -0.2) is 0 Å². The van der Waals surface area contributed by atoms with E-state index >= 15 is 0 Å². The minimum Gasteiger partial charge on any atom is -0.379 e. The molecule has 5 heteroatoms. The molecule has 0 atom stereocenters. The summed E-state index contributed by atoms with van der Waals surface area (Å²) >= 11 is 15.4. The number of halogens is 3. The largest absolute Gasteiger partial charge is 0.379 e. The monoisotopic (exact) mass is 382 g/mol. The molecular formula is C15H21BrCl2O2. The van der Waals surface area contributed by atoms with Crippen LogP contribution in [0.4, 0.5) is 0 Å². The van der Waals surface area contributed by atoms with Crippen molar-refractivity contribution in [2.75, 3.05) is 25.2 Å². The minimum atomic E-state index is 0.466. The Balaban J connectivity index is 1.98. The highest BCUT2D eigenvalue weighted by molar-refractivity contribution is 9.09. The zero-order valence-corrected chi connectivity index (χ0v) is 14.6. The normalized spacial score (nSPS) is 10.9. The predicted molar refractivity (Wildman–Crippen MR) is 89.2 cm³/mol. The van der Waals surface area contributed by atoms with Gasteiger partial charge in [0.25, 0.3) is 0 Å². The highest BCUT2D eigenvalue weighted by atomic mass is 79.9. The van der Waals surface area contributed by atoms with Crippen LogP contribution in [0.1, 0.15) is 31.2 Å². The molecule has 0 radical (unpaired) electrons. The number of rotatable bonds is 11. The third-order valence-corrected chi connectivity index (χ3v) is 4.25. The van der Waals surface area contributed by atoms with Crippen molar-refractivity contribution >= 4 is 39.1 Å². The van der Waals surface area contributed by atoms with Crippen LogP contribution in [0.25, 0.3) is 0 Å². The average molecular weight is 384 g/mol. The van der Waals surface area contributed by atoms with E-state index in [0.29, 0.717) is 29.9 Å². The fourth-order valence-electron chi connectivity index (χ4n) is 1.71. The van der Waals surface area contributed by atoms with Crippen molar-refractivity contribution in [1.29, 1.82) is 0 Å². The molecule has 0 bridgehead atoms. The number of hydrogen-bond donors (Lipinski definition) is 0. The molecular weight excluding hydrogens is 363 g/mol. The first-order chi connectivity index (χ1) is 9.75. The van der Waals surface area contributed by atoms with Crippen LogP contribution in [0.5, 0.6) is 0 Å². The summed E-state index contributed by atoms with van der Waals surface area (Å²) in [6, 6.07) is 5.56. The first-order valence-corrected chi connectivity index (χ1v) is 8.77. The highest BCUT2D eigenvalue weighted by Gasteiger charge is 2.03. The van der Waals surface area contributed by atoms with Crippen LogP contribution in [-0.2, 0) is 16.1 Å². The first-order valence-electron chi connectivity index (χ1n) is 6.90. The average Bonchev–Trinajstić information content (AvgIpc) is 2.45. The molecule has 2 nitrogen and oxygen atoms in total. The maximum Gasteiger partial charge on any atom is 0.0733 e. The molecule has 1 aromatic rings. The topological polar surface area (TPSA) is 18.5 Å². The van der Waals surface area contributed by atoms with Crippen molar-refractivity contribution in [3.05, 3.63) is 33.8 Å². The fraction of sp³-hybridized carbons (Fsp3) is 0.600. The zero-order valence-electron chi connectivity index (χ0n) is 11.5. The summed E-state index contributed by atoms with van der Waals surface area (Å²) in [6.45, 7) is 2.47. The van der Waals surface area contributed by atoms with Gasteiger partial charge in [-0.05, 0) is 24.5 Å². The third kappa shape index (κ3) is 7.84. The Bertz CT molecular complexity index is 375. The smallest absolute Gasteiger partial charge is 0.0733 e. The van der Waals surface area contributed by atoms with Crippen LogP contribution in [0, 0.1) is 0 Å². The lowest BCUT2D eigenvalue weighted by Crippen LogP contribution is -2.05. The Hall–Kier alpha value is 0.200. The fourth-order valence-corrected chi connectivity index (χ4v) is 2.49. The maximum absolute atomic E-state index is 6.07. The van der Waals surface area contributed by atoms with Gasteiger partial charge in [0.05, 0.1) is 29.9 Å². The lowest BCUT2D eigenvalue weighted by atomic mass is 10.2. The maximum atomic E-state index is 6.07. The Labute approximate surface area is 139 Å². The summed E-state index contributed by atoms with van der Waals surface area (Å²) in [6.07, 6.45) is 4.85. The minimum absolute atomic E-state index is 0.466. The van der Waals surface area contributed by atoms with Crippen LogP contribution < -0.4 is 0 Å². The van der Waals surface area contributed by atoms with Gasteiger partial charge in [0.1, 0.15) is 0 Å². The molecule has 0 saturated carbocycles. The molecule has 0 spiro atoms. The van der Waals surface area contributed by atoms with Crippen molar-refractivity contribution in [2.45, 2.75) is 32.3 Å². The second-order valence-corrected chi connectivity index (χ2v) is 6.06. The molecule has 0 fully saturated rings. The lowest BCUT2D eigenvalue weighted by Gasteiger charge is -2.08. The Morgan fingerprint density at radius 1 is 0.900 bits per heavy atom. The molecule has 20 heavy (non-hydrogen) atoms. The number of alkyl halides is 1. The number of unbranched alkanes of at least 4 members (excludes halogenated alkanes) is 3. The predicted octanol–water partition coefficient (Wildman–Crippen LogP) is 5.48. The van der Waals surface area contributed by atoms with Gasteiger partial charge in [0.2, 0.25) is 0 Å². The van der Waals surface area contributed by atoms with E-state index in [4.69, 9.17) is 32.7 Å². The van der Waals surface area contributed by atoms with Crippen LogP contribution in [0.2, 0.25) is 10.0 Å². The molecule has 0 amide bonds. The van der Waals surface area contributed by atoms with E-state index in [-0.39, 0.29) is 0 Å². The molecule has 0 aliphatic heterocycles.